The minimum atomic E-state index is 0.725. The van der Waals surface area contributed by atoms with Gasteiger partial charge in [-0.2, -0.15) is 0 Å². The fourth-order valence-corrected chi connectivity index (χ4v) is 2.61. The molecule has 0 heterocycles. The molecule has 1 N–H and O–H groups in total. The van der Waals surface area contributed by atoms with Crippen molar-refractivity contribution in [1.82, 2.24) is 10.2 Å². The van der Waals surface area contributed by atoms with Crippen LogP contribution in [0, 0.1) is 5.92 Å². The summed E-state index contributed by atoms with van der Waals surface area (Å²) in [6.45, 7) is 11.5. The first-order valence-electron chi connectivity index (χ1n) is 6.73. The summed E-state index contributed by atoms with van der Waals surface area (Å²) in [6.07, 6.45) is 5.79. The Morgan fingerprint density at radius 3 is 2.33 bits per heavy atom. The van der Waals surface area contributed by atoms with Gasteiger partial charge in [0.1, 0.15) is 0 Å². The van der Waals surface area contributed by atoms with Crippen LogP contribution in [0.25, 0.3) is 0 Å². The second-order valence-electron chi connectivity index (χ2n) is 4.81. The second-order valence-corrected chi connectivity index (χ2v) is 4.81. The zero-order valence-electron chi connectivity index (χ0n) is 10.8. The molecule has 2 nitrogen and oxygen atoms in total. The van der Waals surface area contributed by atoms with Gasteiger partial charge in [-0.3, -0.25) is 0 Å². The molecule has 0 aromatic carbocycles. The molecule has 0 unspecified atom stereocenters. The molecule has 0 aromatic rings. The summed E-state index contributed by atoms with van der Waals surface area (Å²) in [5.41, 5.74) is 0. The molecule has 0 aliphatic heterocycles. The van der Waals surface area contributed by atoms with Gasteiger partial charge in [0.15, 0.2) is 0 Å². The Morgan fingerprint density at radius 2 is 1.80 bits per heavy atom. The lowest BCUT2D eigenvalue weighted by atomic mass is 10.00. The van der Waals surface area contributed by atoms with Gasteiger partial charge in [0, 0.05) is 19.1 Å². The van der Waals surface area contributed by atoms with E-state index in [2.05, 4.69) is 31.0 Å². The fraction of sp³-hybridized carbons (Fsp3) is 1.00. The molecule has 90 valence electrons. The van der Waals surface area contributed by atoms with E-state index in [1.54, 1.807) is 0 Å². The maximum atomic E-state index is 3.68. The van der Waals surface area contributed by atoms with Crippen molar-refractivity contribution < 1.29 is 0 Å². The molecule has 1 fully saturated rings. The predicted octanol–water partition coefficient (Wildman–Crippen LogP) is 2.50. The average molecular weight is 212 g/mol. The van der Waals surface area contributed by atoms with Gasteiger partial charge in [-0.25, -0.2) is 0 Å². The maximum Gasteiger partial charge on any atom is 0.0107 e. The SMILES string of the molecule is CCN(CC)CCN[C@@H](C)C1CCCC1. The van der Waals surface area contributed by atoms with E-state index >= 15 is 0 Å². The number of rotatable bonds is 7. The predicted molar refractivity (Wildman–Crippen MR) is 67.2 cm³/mol. The summed E-state index contributed by atoms with van der Waals surface area (Å²) >= 11 is 0. The van der Waals surface area contributed by atoms with E-state index in [9.17, 15) is 0 Å². The molecule has 0 radical (unpaired) electrons. The lowest BCUT2D eigenvalue weighted by molar-refractivity contribution is 0.285. The van der Waals surface area contributed by atoms with Gasteiger partial charge in [-0.1, -0.05) is 26.7 Å². The molecule has 1 atom stereocenters. The van der Waals surface area contributed by atoms with Crippen LogP contribution in [0.1, 0.15) is 46.5 Å². The van der Waals surface area contributed by atoms with Gasteiger partial charge in [0.25, 0.3) is 0 Å². The Labute approximate surface area is 95.4 Å². The van der Waals surface area contributed by atoms with Gasteiger partial charge in [0.05, 0.1) is 0 Å². The Kier molecular flexibility index (Phi) is 6.26. The largest absolute Gasteiger partial charge is 0.313 e. The van der Waals surface area contributed by atoms with Crippen molar-refractivity contribution in [3.8, 4) is 0 Å². The van der Waals surface area contributed by atoms with Crippen molar-refractivity contribution in [2.45, 2.75) is 52.5 Å². The third-order valence-electron chi connectivity index (χ3n) is 3.90. The van der Waals surface area contributed by atoms with Crippen molar-refractivity contribution in [2.24, 2.45) is 5.92 Å². The van der Waals surface area contributed by atoms with Crippen LogP contribution >= 0.6 is 0 Å². The molecule has 0 amide bonds. The summed E-state index contributed by atoms with van der Waals surface area (Å²) in [6, 6.07) is 0.725. The minimum absolute atomic E-state index is 0.725. The quantitative estimate of drug-likeness (QED) is 0.697. The first-order chi connectivity index (χ1) is 7.27. The molecule has 0 spiro atoms. The number of hydrogen-bond donors (Lipinski definition) is 1. The molecule has 15 heavy (non-hydrogen) atoms. The molecule has 2 heteroatoms. The van der Waals surface area contributed by atoms with E-state index in [0.29, 0.717) is 0 Å². The van der Waals surface area contributed by atoms with Gasteiger partial charge in [0.2, 0.25) is 0 Å². The van der Waals surface area contributed by atoms with Gasteiger partial charge >= 0.3 is 0 Å². The van der Waals surface area contributed by atoms with E-state index in [1.165, 1.54) is 45.3 Å². The highest BCUT2D eigenvalue weighted by Gasteiger charge is 2.20. The first kappa shape index (κ1) is 13.0. The molecule has 1 rings (SSSR count). The molecule has 1 aliphatic carbocycles. The third kappa shape index (κ3) is 4.52. The summed E-state index contributed by atoms with van der Waals surface area (Å²) in [4.78, 5) is 2.48. The van der Waals surface area contributed by atoms with Crippen molar-refractivity contribution in [2.75, 3.05) is 26.2 Å². The summed E-state index contributed by atoms with van der Waals surface area (Å²) < 4.78 is 0. The van der Waals surface area contributed by atoms with Gasteiger partial charge in [-0.05, 0) is 38.8 Å². The topological polar surface area (TPSA) is 15.3 Å². The molecule has 0 aromatic heterocycles. The van der Waals surface area contributed by atoms with Crippen LogP contribution in [0.5, 0.6) is 0 Å². The molecule has 0 bridgehead atoms. The van der Waals surface area contributed by atoms with E-state index < -0.39 is 0 Å². The highest BCUT2D eigenvalue weighted by atomic mass is 15.1. The molecular formula is C13H28N2. The van der Waals surface area contributed by atoms with E-state index in [0.717, 1.165) is 18.5 Å². The Hall–Kier alpha value is -0.0800. The molecule has 1 aliphatic rings. The van der Waals surface area contributed by atoms with Crippen molar-refractivity contribution in [3.63, 3.8) is 0 Å². The number of hydrogen-bond acceptors (Lipinski definition) is 2. The van der Waals surface area contributed by atoms with Crippen LogP contribution in [0.15, 0.2) is 0 Å². The fourth-order valence-electron chi connectivity index (χ4n) is 2.61. The Morgan fingerprint density at radius 1 is 1.20 bits per heavy atom. The Bertz CT molecular complexity index is 149. The van der Waals surface area contributed by atoms with Crippen LogP contribution in [0.2, 0.25) is 0 Å². The third-order valence-corrected chi connectivity index (χ3v) is 3.90. The van der Waals surface area contributed by atoms with Gasteiger partial charge < -0.3 is 10.2 Å². The van der Waals surface area contributed by atoms with Crippen LogP contribution in [-0.4, -0.2) is 37.1 Å². The lowest BCUT2D eigenvalue weighted by Gasteiger charge is -2.23. The highest BCUT2D eigenvalue weighted by molar-refractivity contribution is 4.77. The van der Waals surface area contributed by atoms with Crippen molar-refractivity contribution >= 4 is 0 Å². The monoisotopic (exact) mass is 212 g/mol. The van der Waals surface area contributed by atoms with Crippen molar-refractivity contribution in [3.05, 3.63) is 0 Å². The standard InChI is InChI=1S/C13H28N2/c1-4-15(5-2)11-10-14-12(3)13-8-6-7-9-13/h12-14H,4-11H2,1-3H3/t12-/m0/s1. The molecule has 1 saturated carbocycles. The normalized spacial score (nSPS) is 20.0. The second kappa shape index (κ2) is 7.24. The van der Waals surface area contributed by atoms with E-state index in [-0.39, 0.29) is 0 Å². The maximum absolute atomic E-state index is 3.68. The van der Waals surface area contributed by atoms with Crippen LogP contribution in [0.4, 0.5) is 0 Å². The summed E-state index contributed by atoms with van der Waals surface area (Å²) in [7, 11) is 0. The summed E-state index contributed by atoms with van der Waals surface area (Å²) in [5.74, 6) is 0.946. The van der Waals surface area contributed by atoms with E-state index in [1.807, 2.05) is 0 Å². The van der Waals surface area contributed by atoms with Crippen LogP contribution in [0.3, 0.4) is 0 Å². The molecular weight excluding hydrogens is 184 g/mol. The first-order valence-corrected chi connectivity index (χ1v) is 6.73. The Balaban J connectivity index is 2.07. The lowest BCUT2D eigenvalue weighted by Crippen LogP contribution is -2.38. The number of nitrogens with one attached hydrogen (secondary N) is 1. The van der Waals surface area contributed by atoms with Gasteiger partial charge in [-0.15, -0.1) is 0 Å². The number of nitrogens with zero attached hydrogens (tertiary/aromatic N) is 1. The highest BCUT2D eigenvalue weighted by Crippen LogP contribution is 2.27. The van der Waals surface area contributed by atoms with Crippen LogP contribution < -0.4 is 5.32 Å². The average Bonchev–Trinajstić information content (AvgIpc) is 2.77. The smallest absolute Gasteiger partial charge is 0.0107 e. The minimum Gasteiger partial charge on any atom is -0.313 e. The van der Waals surface area contributed by atoms with Crippen LogP contribution in [-0.2, 0) is 0 Å². The zero-order valence-corrected chi connectivity index (χ0v) is 10.8. The summed E-state index contributed by atoms with van der Waals surface area (Å²) in [5, 5.41) is 3.68. The van der Waals surface area contributed by atoms with Crippen molar-refractivity contribution in [1.29, 1.82) is 0 Å². The molecule has 0 saturated heterocycles. The number of likely N-dealkylation sites (N-methyl/N-ethyl adjacent to an activating group) is 1. The van der Waals surface area contributed by atoms with E-state index in [4.69, 9.17) is 0 Å². The zero-order chi connectivity index (χ0) is 11.1.